The number of benzene rings is 1. The minimum absolute atomic E-state index is 0.0353. The maximum absolute atomic E-state index is 12.6. The van der Waals surface area contributed by atoms with Gasteiger partial charge in [0.2, 0.25) is 0 Å². The third kappa shape index (κ3) is 4.11. The fourth-order valence-electron chi connectivity index (χ4n) is 3.29. The Morgan fingerprint density at radius 3 is 2.32 bits per heavy atom. The molecule has 1 fully saturated rings. The normalized spacial score (nSPS) is 16.9. The van der Waals surface area contributed by atoms with Crippen molar-refractivity contribution in [3.05, 3.63) is 58.5 Å². The summed E-state index contributed by atoms with van der Waals surface area (Å²) >= 11 is 0. The lowest BCUT2D eigenvalue weighted by atomic mass is 10.1. The lowest BCUT2D eigenvalue weighted by Crippen LogP contribution is -2.49. The second-order valence-electron chi connectivity index (χ2n) is 6.85. The fourth-order valence-corrected chi connectivity index (χ4v) is 3.29. The second kappa shape index (κ2) is 7.42. The quantitative estimate of drug-likeness (QED) is 0.928. The lowest BCUT2D eigenvalue weighted by Gasteiger charge is -2.35. The number of aryl methyl sites for hydroxylation is 3. The van der Waals surface area contributed by atoms with Crippen molar-refractivity contribution in [2.75, 3.05) is 32.7 Å². The van der Waals surface area contributed by atoms with E-state index >= 15 is 0 Å². The molecule has 1 aliphatic rings. The van der Waals surface area contributed by atoms with Gasteiger partial charge in [-0.25, -0.2) is 0 Å². The molecule has 1 aromatic heterocycles. The van der Waals surface area contributed by atoms with Gasteiger partial charge in [-0.2, -0.15) is 0 Å². The molecule has 25 heavy (non-hydrogen) atoms. The summed E-state index contributed by atoms with van der Waals surface area (Å²) in [4.78, 5) is 16.7. The first-order chi connectivity index (χ1) is 11.9. The van der Waals surface area contributed by atoms with E-state index in [0.29, 0.717) is 31.0 Å². The first kappa shape index (κ1) is 17.7. The predicted molar refractivity (Wildman–Crippen MR) is 96.7 cm³/mol. The number of furan rings is 1. The summed E-state index contributed by atoms with van der Waals surface area (Å²) in [5.41, 5.74) is 2.78. The molecule has 134 valence electrons. The van der Waals surface area contributed by atoms with Crippen LogP contribution in [-0.2, 0) is 0 Å². The number of aliphatic hydroxyl groups is 1. The van der Waals surface area contributed by atoms with Crippen LogP contribution in [0.1, 0.15) is 39.1 Å². The number of carbonyl (C=O) groups excluding carboxylic acids is 1. The molecule has 3 rings (SSSR count). The van der Waals surface area contributed by atoms with Crippen molar-refractivity contribution in [3.8, 4) is 0 Å². The molecule has 0 radical (unpaired) electrons. The van der Waals surface area contributed by atoms with Gasteiger partial charge in [0, 0.05) is 32.7 Å². The van der Waals surface area contributed by atoms with E-state index in [4.69, 9.17) is 4.42 Å². The molecular weight excluding hydrogens is 316 g/mol. The van der Waals surface area contributed by atoms with Crippen LogP contribution in [0.4, 0.5) is 0 Å². The summed E-state index contributed by atoms with van der Waals surface area (Å²) in [7, 11) is 0. The van der Waals surface area contributed by atoms with Crippen molar-refractivity contribution in [1.29, 1.82) is 0 Å². The van der Waals surface area contributed by atoms with Gasteiger partial charge >= 0.3 is 0 Å². The molecule has 1 amide bonds. The number of hydrogen-bond acceptors (Lipinski definition) is 4. The molecule has 0 saturated carbocycles. The van der Waals surface area contributed by atoms with Crippen LogP contribution in [0, 0.1) is 20.8 Å². The van der Waals surface area contributed by atoms with Gasteiger partial charge in [0.15, 0.2) is 0 Å². The van der Waals surface area contributed by atoms with E-state index in [1.54, 1.807) is 0 Å². The van der Waals surface area contributed by atoms with Gasteiger partial charge in [0.1, 0.15) is 11.5 Å². The highest BCUT2D eigenvalue weighted by Crippen LogP contribution is 2.19. The zero-order valence-corrected chi connectivity index (χ0v) is 15.2. The van der Waals surface area contributed by atoms with Crippen LogP contribution >= 0.6 is 0 Å². The highest BCUT2D eigenvalue weighted by Gasteiger charge is 2.25. The van der Waals surface area contributed by atoms with Crippen molar-refractivity contribution in [2.45, 2.75) is 26.9 Å². The highest BCUT2D eigenvalue weighted by molar-refractivity contribution is 5.95. The van der Waals surface area contributed by atoms with E-state index in [1.165, 1.54) is 5.56 Å². The molecule has 1 aliphatic heterocycles. The van der Waals surface area contributed by atoms with Crippen LogP contribution < -0.4 is 0 Å². The van der Waals surface area contributed by atoms with Crippen LogP contribution in [0.15, 0.2) is 34.7 Å². The number of nitrogens with zero attached hydrogens (tertiary/aromatic N) is 2. The Bertz CT molecular complexity index is 728. The van der Waals surface area contributed by atoms with Gasteiger partial charge in [-0.05, 0) is 32.4 Å². The largest absolute Gasteiger partial charge is 0.466 e. The standard InChI is InChI=1S/C20H26N2O3/c1-14-4-6-17(7-5-14)19(23)13-21-8-10-22(11-9-21)20(24)18-12-15(2)25-16(18)3/h4-7,12,19,23H,8-11,13H2,1-3H3. The summed E-state index contributed by atoms with van der Waals surface area (Å²) in [6.07, 6.45) is -0.499. The second-order valence-corrected chi connectivity index (χ2v) is 6.85. The van der Waals surface area contributed by atoms with Crippen LogP contribution in [0.5, 0.6) is 0 Å². The third-order valence-electron chi connectivity index (χ3n) is 4.82. The summed E-state index contributed by atoms with van der Waals surface area (Å²) in [6, 6.07) is 9.80. The van der Waals surface area contributed by atoms with E-state index in [9.17, 15) is 9.90 Å². The van der Waals surface area contributed by atoms with E-state index in [0.717, 1.165) is 24.4 Å². The summed E-state index contributed by atoms with van der Waals surface area (Å²) in [5.74, 6) is 1.48. The number of carbonyl (C=O) groups is 1. The smallest absolute Gasteiger partial charge is 0.257 e. The van der Waals surface area contributed by atoms with Crippen molar-refractivity contribution in [2.24, 2.45) is 0 Å². The molecule has 1 N–H and O–H groups in total. The molecule has 0 bridgehead atoms. The molecule has 0 spiro atoms. The minimum Gasteiger partial charge on any atom is -0.466 e. The Morgan fingerprint density at radius 2 is 1.76 bits per heavy atom. The highest BCUT2D eigenvalue weighted by atomic mass is 16.3. The summed E-state index contributed by atoms with van der Waals surface area (Å²) < 4.78 is 5.47. The van der Waals surface area contributed by atoms with Gasteiger partial charge in [-0.3, -0.25) is 9.69 Å². The number of piperazine rings is 1. The Kier molecular flexibility index (Phi) is 5.25. The minimum atomic E-state index is -0.499. The van der Waals surface area contributed by atoms with Crippen molar-refractivity contribution in [3.63, 3.8) is 0 Å². The van der Waals surface area contributed by atoms with E-state index in [1.807, 2.05) is 56.0 Å². The molecule has 1 unspecified atom stereocenters. The van der Waals surface area contributed by atoms with Gasteiger partial charge in [-0.15, -0.1) is 0 Å². The van der Waals surface area contributed by atoms with E-state index in [-0.39, 0.29) is 5.91 Å². The topological polar surface area (TPSA) is 56.9 Å². The fraction of sp³-hybridized carbons (Fsp3) is 0.450. The van der Waals surface area contributed by atoms with Crippen molar-refractivity contribution >= 4 is 5.91 Å². The molecule has 0 aliphatic carbocycles. The van der Waals surface area contributed by atoms with E-state index in [2.05, 4.69) is 4.90 Å². The zero-order valence-electron chi connectivity index (χ0n) is 15.2. The van der Waals surface area contributed by atoms with Crippen LogP contribution in [0.3, 0.4) is 0 Å². The summed E-state index contributed by atoms with van der Waals surface area (Å²) in [6.45, 7) is 9.19. The average molecular weight is 342 g/mol. The maximum Gasteiger partial charge on any atom is 0.257 e. The van der Waals surface area contributed by atoms with E-state index < -0.39 is 6.10 Å². The SMILES string of the molecule is Cc1ccc(C(O)CN2CCN(C(=O)c3cc(C)oc3C)CC2)cc1. The molecule has 1 aromatic carbocycles. The molecule has 1 atom stereocenters. The Hall–Kier alpha value is -2.11. The van der Waals surface area contributed by atoms with Gasteiger partial charge in [0.05, 0.1) is 11.7 Å². The third-order valence-corrected chi connectivity index (χ3v) is 4.82. The molecular formula is C20H26N2O3. The Morgan fingerprint density at radius 1 is 1.12 bits per heavy atom. The number of hydrogen-bond donors (Lipinski definition) is 1. The van der Waals surface area contributed by atoms with Gasteiger partial charge in [-0.1, -0.05) is 29.8 Å². The first-order valence-electron chi connectivity index (χ1n) is 8.77. The summed E-state index contributed by atoms with van der Waals surface area (Å²) in [5, 5.41) is 10.4. The molecule has 2 heterocycles. The number of amides is 1. The number of rotatable bonds is 4. The monoisotopic (exact) mass is 342 g/mol. The lowest BCUT2D eigenvalue weighted by molar-refractivity contribution is 0.0526. The van der Waals surface area contributed by atoms with Gasteiger partial charge < -0.3 is 14.4 Å². The Balaban J connectivity index is 1.54. The van der Waals surface area contributed by atoms with Gasteiger partial charge in [0.25, 0.3) is 5.91 Å². The first-order valence-corrected chi connectivity index (χ1v) is 8.77. The van der Waals surface area contributed by atoms with Crippen molar-refractivity contribution < 1.29 is 14.3 Å². The predicted octanol–water partition coefficient (Wildman–Crippen LogP) is 2.70. The average Bonchev–Trinajstić information content (AvgIpc) is 2.94. The molecule has 2 aromatic rings. The van der Waals surface area contributed by atoms with Crippen LogP contribution in [0.25, 0.3) is 0 Å². The molecule has 5 heteroatoms. The zero-order chi connectivity index (χ0) is 18.0. The van der Waals surface area contributed by atoms with Crippen LogP contribution in [-0.4, -0.2) is 53.5 Å². The molecule has 5 nitrogen and oxygen atoms in total. The number of aliphatic hydroxyl groups excluding tert-OH is 1. The van der Waals surface area contributed by atoms with Crippen molar-refractivity contribution in [1.82, 2.24) is 9.80 Å². The maximum atomic E-state index is 12.6. The Labute approximate surface area is 148 Å². The number of β-amino-alcohol motifs (C(OH)–C–C–N with tert-alkyl or cyclic N) is 1. The van der Waals surface area contributed by atoms with Crippen LogP contribution in [0.2, 0.25) is 0 Å². The molecule has 1 saturated heterocycles.